The van der Waals surface area contributed by atoms with E-state index in [1.807, 2.05) is 13.8 Å². The average Bonchev–Trinajstić information content (AvgIpc) is 2.14. The van der Waals surface area contributed by atoms with Crippen molar-refractivity contribution in [1.29, 1.82) is 0 Å². The minimum absolute atomic E-state index is 0.123. The molecule has 1 fully saturated rings. The molecule has 0 aromatic rings. The third-order valence-corrected chi connectivity index (χ3v) is 2.05. The van der Waals surface area contributed by atoms with Gasteiger partial charge in [0.05, 0.1) is 13.2 Å². The van der Waals surface area contributed by atoms with Gasteiger partial charge in [-0.2, -0.15) is 0 Å². The lowest BCUT2D eigenvalue weighted by molar-refractivity contribution is -0.121. The first-order valence-electron chi connectivity index (χ1n) is 5.03. The van der Waals surface area contributed by atoms with Crippen molar-refractivity contribution in [3.63, 3.8) is 0 Å². The predicted molar refractivity (Wildman–Crippen MR) is 52.0 cm³/mol. The van der Waals surface area contributed by atoms with E-state index in [1.165, 1.54) is 4.90 Å². The molecule has 1 rings (SSSR count). The van der Waals surface area contributed by atoms with Crippen molar-refractivity contribution in [3.8, 4) is 0 Å². The van der Waals surface area contributed by atoms with Crippen LogP contribution in [0.15, 0.2) is 0 Å². The molecule has 14 heavy (non-hydrogen) atoms. The molecule has 1 amide bonds. The fourth-order valence-electron chi connectivity index (χ4n) is 1.32. The molecule has 0 atom stereocenters. The van der Waals surface area contributed by atoms with Crippen LogP contribution in [0.25, 0.3) is 0 Å². The predicted octanol–water partition coefficient (Wildman–Crippen LogP) is 1.44. The van der Waals surface area contributed by atoms with Gasteiger partial charge in [-0.3, -0.25) is 4.79 Å². The van der Waals surface area contributed by atoms with Crippen LogP contribution >= 0.6 is 0 Å². The summed E-state index contributed by atoms with van der Waals surface area (Å²) in [6.45, 7) is 5.24. The maximum atomic E-state index is 11.4. The third-order valence-electron chi connectivity index (χ3n) is 2.05. The fraction of sp³-hybridized carbons (Fsp3) is 0.800. The van der Waals surface area contributed by atoms with Gasteiger partial charge in [0, 0.05) is 13.0 Å². The first kappa shape index (κ1) is 11.0. The van der Waals surface area contributed by atoms with Gasteiger partial charge in [0.1, 0.15) is 0 Å². The molecule has 0 aliphatic carbocycles. The zero-order valence-electron chi connectivity index (χ0n) is 8.78. The van der Waals surface area contributed by atoms with Crippen molar-refractivity contribution in [1.82, 2.24) is 4.90 Å². The summed E-state index contributed by atoms with van der Waals surface area (Å²) in [4.78, 5) is 23.9. The van der Waals surface area contributed by atoms with E-state index in [9.17, 15) is 9.59 Å². The second-order valence-corrected chi connectivity index (χ2v) is 4.03. The van der Waals surface area contributed by atoms with Crippen LogP contribution in [-0.4, -0.2) is 36.5 Å². The number of Topliss-reactive ketones (excluding diaryl/α,β-unsaturated/α-hetero) is 1. The zero-order valence-corrected chi connectivity index (χ0v) is 8.78. The second kappa shape index (κ2) is 4.98. The van der Waals surface area contributed by atoms with Gasteiger partial charge < -0.3 is 9.64 Å². The van der Waals surface area contributed by atoms with Crippen LogP contribution in [0.1, 0.15) is 26.7 Å². The Hall–Kier alpha value is -1.06. The molecule has 0 aromatic carbocycles. The summed E-state index contributed by atoms with van der Waals surface area (Å²) in [5, 5.41) is 0. The van der Waals surface area contributed by atoms with Crippen LogP contribution in [0, 0.1) is 5.92 Å². The zero-order chi connectivity index (χ0) is 10.6. The fourth-order valence-corrected chi connectivity index (χ4v) is 1.32. The number of nitrogens with zero attached hydrogens (tertiary/aromatic N) is 1. The van der Waals surface area contributed by atoms with E-state index in [2.05, 4.69) is 0 Å². The van der Waals surface area contributed by atoms with Gasteiger partial charge in [-0.25, -0.2) is 4.79 Å². The summed E-state index contributed by atoms with van der Waals surface area (Å²) in [5.41, 5.74) is 0. The lowest BCUT2D eigenvalue weighted by Gasteiger charge is -2.25. The standard InChI is InChI=1S/C10H17NO3/c1-8(2)7-14-10(13)11-5-3-4-9(12)6-11/h8H,3-7H2,1-2H3. The topological polar surface area (TPSA) is 46.6 Å². The van der Waals surface area contributed by atoms with Crippen LogP contribution < -0.4 is 0 Å². The number of ether oxygens (including phenoxy) is 1. The normalized spacial score (nSPS) is 17.4. The van der Waals surface area contributed by atoms with Crippen molar-refractivity contribution in [2.75, 3.05) is 19.7 Å². The molecular formula is C10H17NO3. The van der Waals surface area contributed by atoms with E-state index < -0.39 is 0 Å². The van der Waals surface area contributed by atoms with E-state index in [4.69, 9.17) is 4.74 Å². The Morgan fingerprint density at radius 1 is 1.57 bits per heavy atom. The van der Waals surface area contributed by atoms with Gasteiger partial charge in [-0.1, -0.05) is 13.8 Å². The van der Waals surface area contributed by atoms with Crippen molar-refractivity contribution < 1.29 is 14.3 Å². The number of hydrogen-bond donors (Lipinski definition) is 0. The van der Waals surface area contributed by atoms with Crippen molar-refractivity contribution >= 4 is 11.9 Å². The Labute approximate surface area is 84.2 Å². The number of likely N-dealkylation sites (tertiary alicyclic amines) is 1. The van der Waals surface area contributed by atoms with Crippen LogP contribution in [0.2, 0.25) is 0 Å². The second-order valence-electron chi connectivity index (χ2n) is 4.03. The Morgan fingerprint density at radius 3 is 2.86 bits per heavy atom. The Balaban J connectivity index is 2.32. The molecule has 4 nitrogen and oxygen atoms in total. The minimum atomic E-state index is -0.355. The SMILES string of the molecule is CC(C)COC(=O)N1CCCC(=O)C1. The molecule has 0 radical (unpaired) electrons. The van der Waals surface area contributed by atoms with E-state index in [1.54, 1.807) is 0 Å². The highest BCUT2D eigenvalue weighted by molar-refractivity contribution is 5.85. The molecule has 1 heterocycles. The van der Waals surface area contributed by atoms with E-state index >= 15 is 0 Å². The molecule has 0 spiro atoms. The number of carbonyl (C=O) groups is 2. The van der Waals surface area contributed by atoms with Gasteiger partial charge in [-0.05, 0) is 12.3 Å². The molecule has 0 N–H and O–H groups in total. The number of piperidine rings is 1. The van der Waals surface area contributed by atoms with Crippen molar-refractivity contribution in [3.05, 3.63) is 0 Å². The summed E-state index contributed by atoms with van der Waals surface area (Å²) < 4.78 is 5.03. The van der Waals surface area contributed by atoms with E-state index in [0.717, 1.165) is 6.42 Å². The first-order valence-corrected chi connectivity index (χ1v) is 5.03. The highest BCUT2D eigenvalue weighted by atomic mass is 16.6. The minimum Gasteiger partial charge on any atom is -0.449 e. The average molecular weight is 199 g/mol. The molecule has 0 saturated carbocycles. The van der Waals surface area contributed by atoms with Gasteiger partial charge in [0.25, 0.3) is 0 Å². The molecule has 0 unspecified atom stereocenters. The maximum Gasteiger partial charge on any atom is 0.410 e. The summed E-state index contributed by atoms with van der Waals surface area (Å²) in [6.07, 6.45) is 0.996. The molecule has 1 aliphatic heterocycles. The summed E-state index contributed by atoms with van der Waals surface area (Å²) in [6, 6.07) is 0. The smallest absolute Gasteiger partial charge is 0.410 e. The van der Waals surface area contributed by atoms with Crippen LogP contribution in [0.5, 0.6) is 0 Å². The molecule has 0 bridgehead atoms. The van der Waals surface area contributed by atoms with E-state index in [-0.39, 0.29) is 18.4 Å². The number of ketones is 1. The Kier molecular flexibility index (Phi) is 3.92. The van der Waals surface area contributed by atoms with Gasteiger partial charge >= 0.3 is 6.09 Å². The van der Waals surface area contributed by atoms with Crippen LogP contribution in [-0.2, 0) is 9.53 Å². The number of carbonyl (C=O) groups excluding carboxylic acids is 2. The van der Waals surface area contributed by atoms with Crippen molar-refractivity contribution in [2.45, 2.75) is 26.7 Å². The molecule has 1 saturated heterocycles. The summed E-state index contributed by atoms with van der Waals surface area (Å²) in [5.74, 6) is 0.456. The maximum absolute atomic E-state index is 11.4. The van der Waals surface area contributed by atoms with Gasteiger partial charge in [-0.15, -0.1) is 0 Å². The molecule has 80 valence electrons. The highest BCUT2D eigenvalue weighted by Crippen LogP contribution is 2.07. The summed E-state index contributed by atoms with van der Waals surface area (Å²) >= 11 is 0. The van der Waals surface area contributed by atoms with Gasteiger partial charge in [0.15, 0.2) is 5.78 Å². The molecule has 4 heteroatoms. The monoisotopic (exact) mass is 199 g/mol. The number of rotatable bonds is 2. The largest absolute Gasteiger partial charge is 0.449 e. The quantitative estimate of drug-likeness (QED) is 0.676. The first-order chi connectivity index (χ1) is 6.59. The molecular weight excluding hydrogens is 182 g/mol. The lowest BCUT2D eigenvalue weighted by atomic mass is 10.1. The van der Waals surface area contributed by atoms with Crippen molar-refractivity contribution in [2.24, 2.45) is 5.92 Å². The molecule has 1 aliphatic rings. The summed E-state index contributed by atoms with van der Waals surface area (Å²) in [7, 11) is 0. The van der Waals surface area contributed by atoms with Crippen LogP contribution in [0.3, 0.4) is 0 Å². The van der Waals surface area contributed by atoms with Crippen LogP contribution in [0.4, 0.5) is 4.79 Å². The third kappa shape index (κ3) is 3.36. The lowest BCUT2D eigenvalue weighted by Crippen LogP contribution is -2.40. The Bertz CT molecular complexity index is 225. The molecule has 0 aromatic heterocycles. The van der Waals surface area contributed by atoms with E-state index in [0.29, 0.717) is 25.5 Å². The Morgan fingerprint density at radius 2 is 2.29 bits per heavy atom. The number of amides is 1. The van der Waals surface area contributed by atoms with Gasteiger partial charge in [0.2, 0.25) is 0 Å². The number of hydrogen-bond acceptors (Lipinski definition) is 3. The highest BCUT2D eigenvalue weighted by Gasteiger charge is 2.22.